The van der Waals surface area contributed by atoms with Gasteiger partial charge in [0.2, 0.25) is 0 Å². The summed E-state index contributed by atoms with van der Waals surface area (Å²) >= 11 is 6.89. The predicted octanol–water partition coefficient (Wildman–Crippen LogP) is 6.09. The Morgan fingerprint density at radius 2 is 1.97 bits per heavy atom. The third kappa shape index (κ3) is 5.47. The quantitative estimate of drug-likeness (QED) is 0.341. The summed E-state index contributed by atoms with van der Waals surface area (Å²) in [5, 5.41) is 13.8. The SMILES string of the molecule is CCOC(=O)[C@](NC(=O)c1cccc(Cl)c1)(Nc1sc2c(c1C#N)CC[C@@H](C(C)(C)C)C2)C(F)(F)F. The summed E-state index contributed by atoms with van der Waals surface area (Å²) in [6.07, 6.45) is -3.40. The molecule has 0 bridgehead atoms. The Kier molecular flexibility index (Phi) is 7.96. The molecule has 11 heteroatoms. The molecule has 6 nitrogen and oxygen atoms in total. The summed E-state index contributed by atoms with van der Waals surface area (Å²) in [7, 11) is 0. The Labute approximate surface area is 216 Å². The number of rotatable bonds is 6. The zero-order valence-corrected chi connectivity index (χ0v) is 21.9. The normalized spacial score (nSPS) is 17.4. The summed E-state index contributed by atoms with van der Waals surface area (Å²) in [5.41, 5.74) is -3.12. The first kappa shape index (κ1) is 27.8. The molecule has 1 amide bonds. The van der Waals surface area contributed by atoms with E-state index in [1.807, 2.05) is 6.07 Å². The van der Waals surface area contributed by atoms with Gasteiger partial charge in [0.1, 0.15) is 11.1 Å². The lowest BCUT2D eigenvalue weighted by atomic mass is 9.72. The van der Waals surface area contributed by atoms with Gasteiger partial charge < -0.3 is 15.4 Å². The third-order valence-corrected chi connectivity index (χ3v) is 7.70. The van der Waals surface area contributed by atoms with Crippen LogP contribution in [0.15, 0.2) is 24.3 Å². The van der Waals surface area contributed by atoms with Gasteiger partial charge in [0.15, 0.2) is 0 Å². The minimum Gasteiger partial charge on any atom is -0.463 e. The van der Waals surface area contributed by atoms with Crippen molar-refractivity contribution in [1.82, 2.24) is 5.32 Å². The Balaban J connectivity index is 2.09. The number of carbonyl (C=O) groups is 2. The molecule has 1 heterocycles. The summed E-state index contributed by atoms with van der Waals surface area (Å²) in [6.45, 7) is 7.30. The van der Waals surface area contributed by atoms with E-state index in [0.717, 1.165) is 22.6 Å². The molecule has 194 valence electrons. The maximum absolute atomic E-state index is 14.6. The number of nitriles is 1. The molecule has 0 unspecified atom stereocenters. The Morgan fingerprint density at radius 1 is 1.28 bits per heavy atom. The van der Waals surface area contributed by atoms with Crippen LogP contribution in [-0.4, -0.2) is 30.3 Å². The van der Waals surface area contributed by atoms with Crippen molar-refractivity contribution in [3.8, 4) is 6.07 Å². The zero-order chi connectivity index (χ0) is 26.9. The first-order chi connectivity index (χ1) is 16.7. The lowest BCUT2D eigenvalue weighted by molar-refractivity contribution is -0.204. The number of esters is 1. The van der Waals surface area contributed by atoms with Crippen LogP contribution in [-0.2, 0) is 22.4 Å². The number of alkyl halides is 3. The van der Waals surface area contributed by atoms with Crippen molar-refractivity contribution >= 4 is 39.8 Å². The molecule has 0 aliphatic heterocycles. The molecule has 2 N–H and O–H groups in total. The Hall–Kier alpha value is -2.77. The number of hydrogen-bond donors (Lipinski definition) is 2. The van der Waals surface area contributed by atoms with Crippen molar-refractivity contribution in [2.45, 2.75) is 58.8 Å². The standard InChI is InChI=1S/C25H27ClF3N3O3S/c1-5-35-22(34)24(25(27,28)29,31-20(33)14-7-6-8-16(26)11-14)32-21-18(13-30)17-10-9-15(23(2,3)4)12-19(17)36-21/h6-8,11,15,32H,5,9-10,12H2,1-4H3,(H,31,33)/t15-,24+/m1/s1. The van der Waals surface area contributed by atoms with Crippen molar-refractivity contribution in [1.29, 1.82) is 5.26 Å². The number of thiophene rings is 1. The molecular formula is C25H27ClF3N3O3S. The highest BCUT2D eigenvalue weighted by molar-refractivity contribution is 7.16. The van der Waals surface area contributed by atoms with Crippen molar-refractivity contribution in [2.24, 2.45) is 11.3 Å². The highest BCUT2D eigenvalue weighted by Gasteiger charge is 2.64. The summed E-state index contributed by atoms with van der Waals surface area (Å²) in [5.74, 6) is -2.65. The minimum atomic E-state index is -5.32. The summed E-state index contributed by atoms with van der Waals surface area (Å²) in [4.78, 5) is 26.5. The van der Waals surface area contributed by atoms with Gasteiger partial charge in [-0.3, -0.25) is 4.79 Å². The third-order valence-electron chi connectivity index (χ3n) is 6.30. The number of benzene rings is 1. The smallest absolute Gasteiger partial charge is 0.441 e. The van der Waals surface area contributed by atoms with Gasteiger partial charge in [0, 0.05) is 15.5 Å². The summed E-state index contributed by atoms with van der Waals surface area (Å²) < 4.78 is 48.7. The van der Waals surface area contributed by atoms with Gasteiger partial charge >= 0.3 is 17.8 Å². The lowest BCUT2D eigenvalue weighted by Crippen LogP contribution is -2.69. The average Bonchev–Trinajstić information content (AvgIpc) is 3.13. The molecular weight excluding hydrogens is 515 g/mol. The van der Waals surface area contributed by atoms with Crippen LogP contribution in [0, 0.1) is 22.7 Å². The van der Waals surface area contributed by atoms with Gasteiger partial charge in [-0.1, -0.05) is 38.4 Å². The Bertz CT molecular complexity index is 1200. The molecule has 0 fully saturated rings. The fourth-order valence-corrected chi connectivity index (χ4v) is 5.73. The Morgan fingerprint density at radius 3 is 2.53 bits per heavy atom. The van der Waals surface area contributed by atoms with Crippen molar-refractivity contribution in [3.05, 3.63) is 50.9 Å². The van der Waals surface area contributed by atoms with Crippen LogP contribution in [0.3, 0.4) is 0 Å². The van der Waals surface area contributed by atoms with Crippen molar-refractivity contribution in [2.75, 3.05) is 11.9 Å². The molecule has 0 spiro atoms. The van der Waals surface area contributed by atoms with Gasteiger partial charge in [-0.25, -0.2) is 4.79 Å². The topological polar surface area (TPSA) is 91.2 Å². The first-order valence-corrected chi connectivity index (χ1v) is 12.6. The van der Waals surface area contributed by atoms with E-state index in [-0.39, 0.29) is 39.1 Å². The van der Waals surface area contributed by atoms with Gasteiger partial charge in [-0.05, 0) is 61.3 Å². The maximum Gasteiger partial charge on any atom is 0.441 e. The molecule has 0 saturated heterocycles. The van der Waals surface area contributed by atoms with Crippen LogP contribution in [0.25, 0.3) is 0 Å². The molecule has 3 rings (SSSR count). The molecule has 1 aliphatic rings. The highest BCUT2D eigenvalue weighted by atomic mass is 35.5. The predicted molar refractivity (Wildman–Crippen MR) is 132 cm³/mol. The van der Waals surface area contributed by atoms with Gasteiger partial charge in [0.25, 0.3) is 5.91 Å². The largest absolute Gasteiger partial charge is 0.463 e. The number of anilines is 1. The van der Waals surface area contributed by atoms with Crippen molar-refractivity contribution < 1.29 is 27.5 Å². The number of nitrogens with zero attached hydrogens (tertiary/aromatic N) is 1. The van der Waals surface area contributed by atoms with E-state index >= 15 is 0 Å². The number of amides is 1. The van der Waals surface area contributed by atoms with E-state index in [4.69, 9.17) is 16.3 Å². The van der Waals surface area contributed by atoms with E-state index < -0.39 is 23.7 Å². The van der Waals surface area contributed by atoms with E-state index in [2.05, 4.69) is 26.1 Å². The number of carbonyl (C=O) groups excluding carboxylic acids is 2. The minimum absolute atomic E-state index is 0.0202. The molecule has 2 atom stereocenters. The maximum atomic E-state index is 14.6. The molecule has 2 aromatic rings. The van der Waals surface area contributed by atoms with Gasteiger partial charge in [-0.15, -0.1) is 11.3 Å². The molecule has 0 saturated carbocycles. The van der Waals surface area contributed by atoms with E-state index in [1.54, 1.807) is 5.32 Å². The van der Waals surface area contributed by atoms with E-state index in [9.17, 15) is 28.0 Å². The molecule has 0 radical (unpaired) electrons. The number of hydrogen-bond acceptors (Lipinski definition) is 6. The van der Waals surface area contributed by atoms with Gasteiger partial charge in [0.05, 0.1) is 12.2 Å². The second-order valence-corrected chi connectivity index (χ2v) is 11.2. The number of nitrogens with one attached hydrogen (secondary N) is 2. The van der Waals surface area contributed by atoms with Crippen LogP contribution in [0.5, 0.6) is 0 Å². The number of halogens is 4. The second-order valence-electron chi connectivity index (χ2n) is 9.68. The summed E-state index contributed by atoms with van der Waals surface area (Å²) in [6, 6.07) is 7.30. The molecule has 1 aromatic heterocycles. The first-order valence-electron chi connectivity index (χ1n) is 11.4. The van der Waals surface area contributed by atoms with Crippen LogP contribution >= 0.6 is 22.9 Å². The van der Waals surface area contributed by atoms with Crippen LogP contribution in [0.1, 0.15) is 60.5 Å². The monoisotopic (exact) mass is 541 g/mol. The number of fused-ring (bicyclic) bond motifs is 1. The second kappa shape index (κ2) is 10.3. The zero-order valence-electron chi connectivity index (χ0n) is 20.3. The van der Waals surface area contributed by atoms with E-state index in [0.29, 0.717) is 18.4 Å². The molecule has 1 aromatic carbocycles. The van der Waals surface area contributed by atoms with Crippen molar-refractivity contribution in [3.63, 3.8) is 0 Å². The van der Waals surface area contributed by atoms with E-state index in [1.165, 1.54) is 31.2 Å². The van der Waals surface area contributed by atoms with Crippen LogP contribution in [0.2, 0.25) is 5.02 Å². The number of ether oxygens (including phenoxy) is 1. The average molecular weight is 542 g/mol. The van der Waals surface area contributed by atoms with Crippen LogP contribution in [0.4, 0.5) is 18.2 Å². The van der Waals surface area contributed by atoms with Gasteiger partial charge in [-0.2, -0.15) is 18.4 Å². The highest BCUT2D eigenvalue weighted by Crippen LogP contribution is 2.45. The lowest BCUT2D eigenvalue weighted by Gasteiger charge is -2.35. The molecule has 1 aliphatic carbocycles. The fourth-order valence-electron chi connectivity index (χ4n) is 4.20. The fraction of sp³-hybridized carbons (Fsp3) is 0.480. The molecule has 36 heavy (non-hydrogen) atoms. The van der Waals surface area contributed by atoms with Crippen LogP contribution < -0.4 is 10.6 Å².